The molecule has 0 saturated carbocycles. The number of hydrogen-bond acceptors (Lipinski definition) is 2. The van der Waals surface area contributed by atoms with Gasteiger partial charge in [0.2, 0.25) is 0 Å². The normalized spacial score (nSPS) is 23.5. The Kier molecular flexibility index (Phi) is 5.17. The summed E-state index contributed by atoms with van der Waals surface area (Å²) in [5, 5.41) is 9.16. The first-order valence-electron chi connectivity index (χ1n) is 6.97. The van der Waals surface area contributed by atoms with Crippen LogP contribution in [0.2, 0.25) is 0 Å². The van der Waals surface area contributed by atoms with E-state index in [0.717, 1.165) is 12.1 Å². The van der Waals surface area contributed by atoms with Gasteiger partial charge in [0.15, 0.2) is 0 Å². The third-order valence-electron chi connectivity index (χ3n) is 3.85. The van der Waals surface area contributed by atoms with Crippen molar-refractivity contribution < 1.29 is 23.1 Å². The Balaban J connectivity index is 2.17. The van der Waals surface area contributed by atoms with Gasteiger partial charge >= 0.3 is 12.1 Å². The second-order valence-electron chi connectivity index (χ2n) is 5.87. The van der Waals surface area contributed by atoms with Crippen LogP contribution in [-0.2, 0) is 17.5 Å². The Bertz CT molecular complexity index is 562. The van der Waals surface area contributed by atoms with Crippen LogP contribution in [0.1, 0.15) is 24.5 Å². The van der Waals surface area contributed by atoms with E-state index in [2.05, 4.69) is 15.9 Å². The number of carboxylic acid groups (broad SMARTS) is 1. The number of hydrogen-bond donors (Lipinski definition) is 1. The van der Waals surface area contributed by atoms with Crippen molar-refractivity contribution in [2.75, 3.05) is 13.1 Å². The highest BCUT2D eigenvalue weighted by atomic mass is 79.9. The largest absolute Gasteiger partial charge is 0.481 e. The van der Waals surface area contributed by atoms with Crippen molar-refractivity contribution in [3.8, 4) is 0 Å². The molecule has 0 spiro atoms. The van der Waals surface area contributed by atoms with Crippen LogP contribution in [-0.4, -0.2) is 29.1 Å². The molecule has 1 aromatic rings. The highest BCUT2D eigenvalue weighted by Crippen LogP contribution is 2.33. The highest BCUT2D eigenvalue weighted by Gasteiger charge is 2.32. The van der Waals surface area contributed by atoms with Gasteiger partial charge in [-0.25, -0.2) is 0 Å². The topological polar surface area (TPSA) is 40.5 Å². The van der Waals surface area contributed by atoms with Crippen LogP contribution in [0.5, 0.6) is 0 Å². The monoisotopic (exact) mass is 379 g/mol. The van der Waals surface area contributed by atoms with Crippen molar-refractivity contribution >= 4 is 21.9 Å². The van der Waals surface area contributed by atoms with Gasteiger partial charge in [-0.1, -0.05) is 22.9 Å². The minimum Gasteiger partial charge on any atom is -0.481 e. The predicted molar refractivity (Wildman–Crippen MR) is 79.3 cm³/mol. The summed E-state index contributed by atoms with van der Waals surface area (Å²) in [6.07, 6.45) is -3.77. The predicted octanol–water partition coefficient (Wildman–Crippen LogP) is 4.01. The fraction of sp³-hybridized carbons (Fsp3) is 0.533. The van der Waals surface area contributed by atoms with Crippen LogP contribution in [0, 0.1) is 11.8 Å². The zero-order chi connectivity index (χ0) is 16.5. The maximum absolute atomic E-state index is 12.8. The molecule has 1 aliphatic heterocycles. The van der Waals surface area contributed by atoms with Crippen molar-refractivity contribution in [1.29, 1.82) is 0 Å². The number of aliphatic carboxylic acids is 1. The zero-order valence-corrected chi connectivity index (χ0v) is 13.6. The number of rotatable bonds is 3. The molecule has 0 aromatic heterocycles. The number of nitrogens with zero attached hydrogens (tertiary/aromatic N) is 1. The van der Waals surface area contributed by atoms with E-state index in [4.69, 9.17) is 5.11 Å². The summed E-state index contributed by atoms with van der Waals surface area (Å²) in [6, 6.07) is 3.55. The Morgan fingerprint density at radius 1 is 1.41 bits per heavy atom. The number of benzene rings is 1. The van der Waals surface area contributed by atoms with Crippen LogP contribution < -0.4 is 0 Å². The summed E-state index contributed by atoms with van der Waals surface area (Å²) in [5.41, 5.74) is -0.168. The minimum atomic E-state index is -4.38. The van der Waals surface area contributed by atoms with E-state index in [-0.39, 0.29) is 5.92 Å². The van der Waals surface area contributed by atoms with Crippen molar-refractivity contribution in [2.24, 2.45) is 11.8 Å². The minimum absolute atomic E-state index is 0.208. The molecule has 122 valence electrons. The Morgan fingerprint density at radius 2 is 2.09 bits per heavy atom. The summed E-state index contributed by atoms with van der Waals surface area (Å²) in [6.45, 7) is 3.32. The lowest BCUT2D eigenvalue weighted by atomic mass is 9.90. The first-order valence-corrected chi connectivity index (χ1v) is 7.77. The molecule has 2 unspecified atom stereocenters. The van der Waals surface area contributed by atoms with Gasteiger partial charge in [0, 0.05) is 24.1 Å². The van der Waals surface area contributed by atoms with Gasteiger partial charge in [0.05, 0.1) is 11.5 Å². The van der Waals surface area contributed by atoms with Crippen LogP contribution in [0.4, 0.5) is 13.2 Å². The Hall–Kier alpha value is -1.08. The molecule has 1 heterocycles. The molecular weight excluding hydrogens is 363 g/mol. The highest BCUT2D eigenvalue weighted by molar-refractivity contribution is 9.10. The van der Waals surface area contributed by atoms with E-state index in [1.54, 1.807) is 0 Å². The molecule has 1 aromatic carbocycles. The summed E-state index contributed by atoms with van der Waals surface area (Å²) < 4.78 is 39.0. The summed E-state index contributed by atoms with van der Waals surface area (Å²) in [7, 11) is 0. The second-order valence-corrected chi connectivity index (χ2v) is 6.73. The fourth-order valence-corrected chi connectivity index (χ4v) is 3.25. The standard InChI is InChI=1S/C15H17BrF3NO2/c1-9-4-11(14(21)22)8-20(6-9)7-10-5-12(15(17,18)19)2-3-13(10)16/h2-3,5,9,11H,4,6-8H2,1H3,(H,21,22). The van der Waals surface area contributed by atoms with Gasteiger partial charge in [0.25, 0.3) is 0 Å². The third-order valence-corrected chi connectivity index (χ3v) is 4.63. The summed E-state index contributed by atoms with van der Waals surface area (Å²) in [4.78, 5) is 13.1. The zero-order valence-electron chi connectivity index (χ0n) is 12.0. The molecule has 3 nitrogen and oxygen atoms in total. The van der Waals surface area contributed by atoms with Gasteiger partial charge in [-0.3, -0.25) is 9.69 Å². The molecule has 1 fully saturated rings. The van der Waals surface area contributed by atoms with Crippen molar-refractivity contribution in [1.82, 2.24) is 4.90 Å². The van der Waals surface area contributed by atoms with E-state index < -0.39 is 23.6 Å². The van der Waals surface area contributed by atoms with Crippen LogP contribution >= 0.6 is 15.9 Å². The van der Waals surface area contributed by atoms with Crippen LogP contribution in [0.3, 0.4) is 0 Å². The van der Waals surface area contributed by atoms with E-state index in [0.29, 0.717) is 36.1 Å². The Morgan fingerprint density at radius 3 is 2.68 bits per heavy atom. The lowest BCUT2D eigenvalue weighted by Crippen LogP contribution is -2.42. The molecule has 2 atom stereocenters. The molecular formula is C15H17BrF3NO2. The lowest BCUT2D eigenvalue weighted by Gasteiger charge is -2.34. The van der Waals surface area contributed by atoms with Crippen molar-refractivity contribution in [3.05, 3.63) is 33.8 Å². The van der Waals surface area contributed by atoms with Crippen LogP contribution in [0.15, 0.2) is 22.7 Å². The van der Waals surface area contributed by atoms with E-state index in [9.17, 15) is 18.0 Å². The maximum atomic E-state index is 12.8. The van der Waals surface area contributed by atoms with Crippen LogP contribution in [0.25, 0.3) is 0 Å². The maximum Gasteiger partial charge on any atom is 0.416 e. The molecule has 0 bridgehead atoms. The molecule has 1 N–H and O–H groups in total. The van der Waals surface area contributed by atoms with Gasteiger partial charge in [-0.2, -0.15) is 13.2 Å². The molecule has 7 heteroatoms. The molecule has 1 saturated heterocycles. The van der Waals surface area contributed by atoms with E-state index in [1.807, 2.05) is 11.8 Å². The number of carboxylic acids is 1. The van der Waals surface area contributed by atoms with Gasteiger partial charge < -0.3 is 5.11 Å². The summed E-state index contributed by atoms with van der Waals surface area (Å²) >= 11 is 3.27. The molecule has 2 rings (SSSR count). The van der Waals surface area contributed by atoms with Gasteiger partial charge in [-0.15, -0.1) is 0 Å². The molecule has 22 heavy (non-hydrogen) atoms. The van der Waals surface area contributed by atoms with E-state index >= 15 is 0 Å². The van der Waals surface area contributed by atoms with Gasteiger partial charge in [0.1, 0.15) is 0 Å². The van der Waals surface area contributed by atoms with Crippen molar-refractivity contribution in [3.63, 3.8) is 0 Å². The molecule has 1 aliphatic rings. The first kappa shape index (κ1) is 17.3. The van der Waals surface area contributed by atoms with Gasteiger partial charge in [-0.05, 0) is 36.1 Å². The molecule has 0 amide bonds. The average molecular weight is 380 g/mol. The Labute approximate surface area is 135 Å². The first-order chi connectivity index (χ1) is 10.2. The van der Waals surface area contributed by atoms with E-state index in [1.165, 1.54) is 6.07 Å². The number of likely N-dealkylation sites (tertiary alicyclic amines) is 1. The number of halogens is 4. The summed E-state index contributed by atoms with van der Waals surface area (Å²) in [5.74, 6) is -1.10. The fourth-order valence-electron chi connectivity index (χ4n) is 2.88. The van der Waals surface area contributed by atoms with Crippen molar-refractivity contribution in [2.45, 2.75) is 26.1 Å². The number of piperidine rings is 1. The third kappa shape index (κ3) is 4.23. The quantitative estimate of drug-likeness (QED) is 0.862. The lowest BCUT2D eigenvalue weighted by molar-refractivity contribution is -0.144. The molecule has 0 radical (unpaired) electrons. The second kappa shape index (κ2) is 6.58. The smallest absolute Gasteiger partial charge is 0.416 e. The number of alkyl halides is 3. The number of carbonyl (C=O) groups is 1. The molecule has 0 aliphatic carbocycles. The SMILES string of the molecule is CC1CC(C(=O)O)CN(Cc2cc(C(F)(F)F)ccc2Br)C1. The average Bonchev–Trinajstić information content (AvgIpc) is 2.39.